The standard InChI is InChI=1S/C14H20FN3O/c1-9-6-7-10(2)18(8-9)12-5-3-4-11(15)13(12)14(16)17-19/h3-5,9-10,19H,6-8H2,1-2H3,(H2,16,17). The average molecular weight is 265 g/mol. The predicted molar refractivity (Wildman–Crippen MR) is 74.1 cm³/mol. The SMILES string of the molecule is CC1CCC(C)N(c2cccc(F)c2C(N)=NO)C1. The first-order valence-electron chi connectivity index (χ1n) is 6.57. The summed E-state index contributed by atoms with van der Waals surface area (Å²) in [7, 11) is 0. The van der Waals surface area contributed by atoms with Gasteiger partial charge in [-0.1, -0.05) is 18.1 Å². The Hall–Kier alpha value is -1.78. The van der Waals surface area contributed by atoms with Crippen molar-refractivity contribution >= 4 is 11.5 Å². The van der Waals surface area contributed by atoms with Crippen molar-refractivity contribution in [1.82, 2.24) is 0 Å². The fraction of sp³-hybridized carbons (Fsp3) is 0.500. The van der Waals surface area contributed by atoms with Gasteiger partial charge >= 0.3 is 0 Å². The molecule has 0 radical (unpaired) electrons. The number of piperidine rings is 1. The molecule has 104 valence electrons. The van der Waals surface area contributed by atoms with E-state index in [2.05, 4.69) is 23.9 Å². The Labute approximate surface area is 112 Å². The zero-order chi connectivity index (χ0) is 14.0. The van der Waals surface area contributed by atoms with Gasteiger partial charge in [-0.25, -0.2) is 4.39 Å². The van der Waals surface area contributed by atoms with Gasteiger partial charge in [-0.3, -0.25) is 0 Å². The third kappa shape index (κ3) is 2.64. The number of anilines is 1. The van der Waals surface area contributed by atoms with Gasteiger partial charge in [0.1, 0.15) is 5.82 Å². The summed E-state index contributed by atoms with van der Waals surface area (Å²) in [6, 6.07) is 5.13. The molecule has 1 aliphatic heterocycles. The minimum absolute atomic E-state index is 0.182. The number of halogens is 1. The maximum Gasteiger partial charge on any atom is 0.175 e. The third-order valence-corrected chi connectivity index (χ3v) is 3.78. The van der Waals surface area contributed by atoms with Gasteiger partial charge in [0.25, 0.3) is 0 Å². The van der Waals surface area contributed by atoms with Gasteiger partial charge in [-0.05, 0) is 37.8 Å². The molecule has 0 amide bonds. The average Bonchev–Trinajstić information content (AvgIpc) is 2.40. The smallest absolute Gasteiger partial charge is 0.175 e. The van der Waals surface area contributed by atoms with E-state index in [0.717, 1.165) is 13.0 Å². The maximum atomic E-state index is 14.0. The van der Waals surface area contributed by atoms with Crippen LogP contribution >= 0.6 is 0 Å². The number of hydrogen-bond acceptors (Lipinski definition) is 3. The van der Waals surface area contributed by atoms with Crippen LogP contribution in [0, 0.1) is 11.7 Å². The number of benzene rings is 1. The quantitative estimate of drug-likeness (QED) is 0.374. The number of rotatable bonds is 2. The lowest BCUT2D eigenvalue weighted by atomic mass is 9.93. The van der Waals surface area contributed by atoms with E-state index in [1.54, 1.807) is 6.07 Å². The molecule has 2 rings (SSSR count). The molecule has 0 aliphatic carbocycles. The molecule has 3 N–H and O–H groups in total. The minimum atomic E-state index is -0.460. The predicted octanol–water partition coefficient (Wildman–Crippen LogP) is 2.54. The van der Waals surface area contributed by atoms with Crippen molar-refractivity contribution < 1.29 is 9.60 Å². The Morgan fingerprint density at radius 1 is 1.42 bits per heavy atom. The molecule has 1 aromatic carbocycles. The van der Waals surface area contributed by atoms with Crippen molar-refractivity contribution in [2.24, 2.45) is 16.8 Å². The summed E-state index contributed by atoms with van der Waals surface area (Å²) < 4.78 is 14.0. The largest absolute Gasteiger partial charge is 0.409 e. The van der Waals surface area contributed by atoms with Crippen molar-refractivity contribution in [3.63, 3.8) is 0 Å². The summed E-state index contributed by atoms with van der Waals surface area (Å²) in [6.07, 6.45) is 2.24. The second kappa shape index (κ2) is 5.47. The van der Waals surface area contributed by atoms with Crippen LogP contribution in [0.15, 0.2) is 23.4 Å². The fourth-order valence-corrected chi connectivity index (χ4v) is 2.68. The molecule has 1 fully saturated rings. The first kappa shape index (κ1) is 13.6. The van der Waals surface area contributed by atoms with Gasteiger partial charge in [0.05, 0.1) is 11.3 Å². The summed E-state index contributed by atoms with van der Waals surface area (Å²) in [5, 5.41) is 11.8. The van der Waals surface area contributed by atoms with Crippen LogP contribution in [-0.2, 0) is 0 Å². The molecule has 5 heteroatoms. The van der Waals surface area contributed by atoms with Crippen LogP contribution < -0.4 is 10.6 Å². The van der Waals surface area contributed by atoms with Crippen LogP contribution in [0.5, 0.6) is 0 Å². The van der Waals surface area contributed by atoms with E-state index >= 15 is 0 Å². The highest BCUT2D eigenvalue weighted by molar-refractivity contribution is 6.02. The molecule has 1 aliphatic rings. The number of oxime groups is 1. The molecule has 19 heavy (non-hydrogen) atoms. The normalized spacial score (nSPS) is 24.6. The highest BCUT2D eigenvalue weighted by Crippen LogP contribution is 2.31. The van der Waals surface area contributed by atoms with Crippen LogP contribution in [0.25, 0.3) is 0 Å². The molecule has 0 saturated carbocycles. The summed E-state index contributed by atoms with van der Waals surface area (Å²) >= 11 is 0. The first-order chi connectivity index (χ1) is 9.04. The van der Waals surface area contributed by atoms with E-state index in [1.807, 2.05) is 6.07 Å². The van der Waals surface area contributed by atoms with Crippen LogP contribution in [0.4, 0.5) is 10.1 Å². The van der Waals surface area contributed by atoms with E-state index in [4.69, 9.17) is 10.9 Å². The summed E-state index contributed by atoms with van der Waals surface area (Å²) in [5.74, 6) is -0.0867. The molecular formula is C14H20FN3O. The van der Waals surface area contributed by atoms with E-state index in [0.29, 0.717) is 17.6 Å². The molecule has 0 bridgehead atoms. The third-order valence-electron chi connectivity index (χ3n) is 3.78. The van der Waals surface area contributed by atoms with Gasteiger partial charge in [-0.15, -0.1) is 0 Å². The number of nitrogens with zero attached hydrogens (tertiary/aromatic N) is 2. The zero-order valence-corrected chi connectivity index (χ0v) is 11.3. The van der Waals surface area contributed by atoms with Crippen molar-refractivity contribution in [2.45, 2.75) is 32.7 Å². The summed E-state index contributed by atoms with van der Waals surface area (Å²) in [6.45, 7) is 5.16. The minimum Gasteiger partial charge on any atom is -0.409 e. The van der Waals surface area contributed by atoms with Crippen LogP contribution in [0.3, 0.4) is 0 Å². The van der Waals surface area contributed by atoms with Gasteiger partial charge < -0.3 is 15.8 Å². The second-order valence-corrected chi connectivity index (χ2v) is 5.30. The highest BCUT2D eigenvalue weighted by Gasteiger charge is 2.26. The van der Waals surface area contributed by atoms with E-state index in [-0.39, 0.29) is 11.4 Å². The summed E-state index contributed by atoms with van der Waals surface area (Å²) in [4.78, 5) is 2.14. The van der Waals surface area contributed by atoms with Crippen LogP contribution in [-0.4, -0.2) is 23.6 Å². The lowest BCUT2D eigenvalue weighted by molar-refractivity contribution is 0.318. The molecule has 4 nitrogen and oxygen atoms in total. The fourth-order valence-electron chi connectivity index (χ4n) is 2.68. The van der Waals surface area contributed by atoms with Crippen LogP contribution in [0.1, 0.15) is 32.3 Å². The Morgan fingerprint density at radius 3 is 2.84 bits per heavy atom. The highest BCUT2D eigenvalue weighted by atomic mass is 19.1. The molecule has 0 spiro atoms. The summed E-state index contributed by atoms with van der Waals surface area (Å²) in [5.41, 5.74) is 6.51. The second-order valence-electron chi connectivity index (χ2n) is 5.30. The Balaban J connectivity index is 2.46. The molecule has 1 saturated heterocycles. The van der Waals surface area contributed by atoms with Crippen molar-refractivity contribution in [3.05, 3.63) is 29.6 Å². The number of nitrogens with two attached hydrogens (primary N) is 1. The molecular weight excluding hydrogens is 245 g/mol. The zero-order valence-electron chi connectivity index (χ0n) is 11.3. The Morgan fingerprint density at radius 2 is 2.16 bits per heavy atom. The van der Waals surface area contributed by atoms with E-state index < -0.39 is 5.82 Å². The van der Waals surface area contributed by atoms with E-state index in [9.17, 15) is 4.39 Å². The topological polar surface area (TPSA) is 61.8 Å². The molecule has 1 heterocycles. The maximum absolute atomic E-state index is 14.0. The molecule has 2 atom stereocenters. The number of hydrogen-bond donors (Lipinski definition) is 2. The van der Waals surface area contributed by atoms with Gasteiger partial charge in [0.2, 0.25) is 0 Å². The molecule has 1 aromatic rings. The van der Waals surface area contributed by atoms with Gasteiger partial charge in [0, 0.05) is 12.6 Å². The first-order valence-corrected chi connectivity index (χ1v) is 6.57. The van der Waals surface area contributed by atoms with Crippen molar-refractivity contribution in [2.75, 3.05) is 11.4 Å². The van der Waals surface area contributed by atoms with Crippen molar-refractivity contribution in [1.29, 1.82) is 0 Å². The monoisotopic (exact) mass is 265 g/mol. The lowest BCUT2D eigenvalue weighted by Crippen LogP contribution is -2.42. The molecule has 0 aromatic heterocycles. The Bertz CT molecular complexity index is 490. The van der Waals surface area contributed by atoms with E-state index in [1.165, 1.54) is 12.5 Å². The van der Waals surface area contributed by atoms with Crippen molar-refractivity contribution in [3.8, 4) is 0 Å². The number of amidine groups is 1. The Kier molecular flexibility index (Phi) is 3.93. The van der Waals surface area contributed by atoms with Gasteiger partial charge in [0.15, 0.2) is 5.84 Å². The van der Waals surface area contributed by atoms with Gasteiger partial charge in [-0.2, -0.15) is 0 Å². The van der Waals surface area contributed by atoms with Crippen LogP contribution in [0.2, 0.25) is 0 Å². The molecule has 2 unspecified atom stereocenters. The lowest BCUT2D eigenvalue weighted by Gasteiger charge is -2.39.